The van der Waals surface area contributed by atoms with Gasteiger partial charge in [0.2, 0.25) is 0 Å². The Bertz CT molecular complexity index is 421. The lowest BCUT2D eigenvalue weighted by molar-refractivity contribution is -0.274. The molecule has 0 aliphatic heterocycles. The highest BCUT2D eigenvalue weighted by Crippen LogP contribution is 2.29. The van der Waals surface area contributed by atoms with Crippen molar-refractivity contribution in [2.45, 2.75) is 12.8 Å². The van der Waals surface area contributed by atoms with Gasteiger partial charge in [0.1, 0.15) is 5.75 Å². The van der Waals surface area contributed by atoms with Gasteiger partial charge in [-0.15, -0.1) is 13.2 Å². The molecule has 0 saturated heterocycles. The van der Waals surface area contributed by atoms with Crippen LogP contribution in [0.5, 0.6) is 5.75 Å². The van der Waals surface area contributed by atoms with Crippen LogP contribution in [0.3, 0.4) is 0 Å². The van der Waals surface area contributed by atoms with E-state index in [1.165, 1.54) is 12.1 Å². The molecule has 17 heavy (non-hydrogen) atoms. The Labute approximate surface area is 118 Å². The summed E-state index contributed by atoms with van der Waals surface area (Å²) in [7, 11) is 0. The summed E-state index contributed by atoms with van der Waals surface area (Å²) in [6.45, 7) is 0. The van der Waals surface area contributed by atoms with E-state index in [9.17, 15) is 18.0 Å². The van der Waals surface area contributed by atoms with E-state index in [0.717, 1.165) is 0 Å². The topological polar surface area (TPSA) is 26.3 Å². The van der Waals surface area contributed by atoms with Gasteiger partial charge in [0.15, 0.2) is 5.78 Å². The number of hydrogen-bond donors (Lipinski definition) is 0. The summed E-state index contributed by atoms with van der Waals surface area (Å²) < 4.78 is 40.9. The Morgan fingerprint density at radius 1 is 1.41 bits per heavy atom. The van der Waals surface area contributed by atoms with E-state index in [0.29, 0.717) is 8.90 Å². The number of carbonyl (C=O) groups is 1. The van der Waals surface area contributed by atoms with Crippen LogP contribution in [0.1, 0.15) is 16.8 Å². The summed E-state index contributed by atoms with van der Waals surface area (Å²) in [5, 5.41) is 0.392. The Morgan fingerprint density at radius 2 is 2.06 bits per heavy atom. The van der Waals surface area contributed by atoms with Gasteiger partial charge in [-0.2, -0.15) is 0 Å². The lowest BCUT2D eigenvalue weighted by Gasteiger charge is -2.12. The minimum absolute atomic E-state index is 0.0535. The number of benzene rings is 1. The first kappa shape index (κ1) is 14.7. The van der Waals surface area contributed by atoms with E-state index < -0.39 is 17.9 Å². The average molecular weight is 423 g/mol. The second kappa shape index (κ2) is 6.03. The van der Waals surface area contributed by atoms with E-state index >= 15 is 0 Å². The van der Waals surface area contributed by atoms with Crippen LogP contribution in [-0.4, -0.2) is 17.5 Å². The Hall–Kier alpha value is -0.310. The Morgan fingerprint density at radius 3 is 2.59 bits per heavy atom. The van der Waals surface area contributed by atoms with Crippen molar-refractivity contribution >= 4 is 44.3 Å². The number of Topliss-reactive ketones (excluding diaryl/α,β-unsaturated/α-hetero) is 1. The molecule has 1 rings (SSSR count). The van der Waals surface area contributed by atoms with Gasteiger partial charge in [-0.3, -0.25) is 4.79 Å². The SMILES string of the molecule is O=C(CCBr)c1ccc(I)cc1OC(F)(F)F. The lowest BCUT2D eigenvalue weighted by atomic mass is 10.1. The third-order valence-corrected chi connectivity index (χ3v) is 2.86. The predicted molar refractivity (Wildman–Crippen MR) is 68.6 cm³/mol. The molecule has 0 amide bonds. The van der Waals surface area contributed by atoms with Crippen LogP contribution in [0.15, 0.2) is 18.2 Å². The number of ketones is 1. The highest BCUT2D eigenvalue weighted by Gasteiger charge is 2.32. The quantitative estimate of drug-likeness (QED) is 0.414. The van der Waals surface area contributed by atoms with Crippen LogP contribution in [0.25, 0.3) is 0 Å². The van der Waals surface area contributed by atoms with Crippen molar-refractivity contribution in [3.63, 3.8) is 0 Å². The second-order valence-electron chi connectivity index (χ2n) is 3.05. The number of carbonyl (C=O) groups excluding carboxylic acids is 1. The molecule has 94 valence electrons. The van der Waals surface area contributed by atoms with E-state index in [4.69, 9.17) is 0 Å². The van der Waals surface area contributed by atoms with Crippen LogP contribution >= 0.6 is 38.5 Å². The fraction of sp³-hybridized carbons (Fsp3) is 0.300. The normalized spacial score (nSPS) is 11.4. The second-order valence-corrected chi connectivity index (χ2v) is 5.09. The van der Waals surface area contributed by atoms with Crippen molar-refractivity contribution in [1.82, 2.24) is 0 Å². The van der Waals surface area contributed by atoms with Crippen LogP contribution in [0.2, 0.25) is 0 Å². The van der Waals surface area contributed by atoms with Crippen molar-refractivity contribution in [1.29, 1.82) is 0 Å². The largest absolute Gasteiger partial charge is 0.573 e. The van der Waals surface area contributed by atoms with Gasteiger partial charge < -0.3 is 4.74 Å². The molecule has 0 aliphatic rings. The molecule has 1 aromatic rings. The van der Waals surface area contributed by atoms with Crippen LogP contribution in [0.4, 0.5) is 13.2 Å². The van der Waals surface area contributed by atoms with Crippen LogP contribution < -0.4 is 4.74 Å². The first-order chi connectivity index (χ1) is 7.83. The summed E-state index contributed by atoms with van der Waals surface area (Å²) >= 11 is 4.91. The predicted octanol–water partition coefficient (Wildman–Crippen LogP) is 4.16. The maximum atomic E-state index is 12.2. The van der Waals surface area contributed by atoms with Crippen LogP contribution in [-0.2, 0) is 0 Å². The molecule has 0 radical (unpaired) electrons. The van der Waals surface area contributed by atoms with Gasteiger partial charge >= 0.3 is 6.36 Å². The average Bonchev–Trinajstić information content (AvgIpc) is 2.15. The van der Waals surface area contributed by atoms with Gasteiger partial charge in [-0.05, 0) is 40.8 Å². The van der Waals surface area contributed by atoms with Crippen molar-refractivity contribution in [2.75, 3.05) is 5.33 Å². The van der Waals surface area contributed by atoms with Crippen molar-refractivity contribution in [2.24, 2.45) is 0 Å². The molecular weight excluding hydrogens is 416 g/mol. The van der Waals surface area contributed by atoms with Crippen molar-refractivity contribution < 1.29 is 22.7 Å². The summed E-state index contributed by atoms with van der Waals surface area (Å²) in [5.74, 6) is -0.840. The maximum Gasteiger partial charge on any atom is 0.573 e. The zero-order valence-corrected chi connectivity index (χ0v) is 12.1. The molecular formula is C10H7BrF3IO2. The highest BCUT2D eigenvalue weighted by molar-refractivity contribution is 14.1. The third-order valence-electron chi connectivity index (χ3n) is 1.79. The van der Waals surface area contributed by atoms with Crippen LogP contribution in [0, 0.1) is 3.57 Å². The first-order valence-corrected chi connectivity index (χ1v) is 6.68. The monoisotopic (exact) mass is 422 g/mol. The molecule has 7 heteroatoms. The molecule has 0 bridgehead atoms. The Balaban J connectivity index is 3.08. The summed E-state index contributed by atoms with van der Waals surface area (Å²) in [6, 6.07) is 4.09. The summed E-state index contributed by atoms with van der Waals surface area (Å²) in [6.07, 6.45) is -4.68. The van der Waals surface area contributed by atoms with Gasteiger partial charge in [-0.25, -0.2) is 0 Å². The zero-order valence-electron chi connectivity index (χ0n) is 8.35. The maximum absolute atomic E-state index is 12.2. The smallest absolute Gasteiger partial charge is 0.405 e. The fourth-order valence-electron chi connectivity index (χ4n) is 1.16. The molecule has 0 spiro atoms. The third kappa shape index (κ3) is 4.82. The van der Waals surface area contributed by atoms with E-state index in [1.807, 2.05) is 22.6 Å². The Kier molecular flexibility index (Phi) is 5.23. The molecule has 0 saturated carbocycles. The molecule has 0 unspecified atom stereocenters. The number of rotatable bonds is 4. The molecule has 0 N–H and O–H groups in total. The first-order valence-electron chi connectivity index (χ1n) is 4.48. The van der Waals surface area contributed by atoms with Gasteiger partial charge in [-0.1, -0.05) is 15.9 Å². The minimum atomic E-state index is -4.80. The number of hydrogen-bond acceptors (Lipinski definition) is 2. The molecule has 0 aromatic heterocycles. The van der Waals surface area contributed by atoms with Crippen molar-refractivity contribution in [3.05, 3.63) is 27.3 Å². The molecule has 0 heterocycles. The van der Waals surface area contributed by atoms with E-state index in [-0.39, 0.29) is 12.0 Å². The molecule has 0 aliphatic carbocycles. The summed E-state index contributed by atoms with van der Waals surface area (Å²) in [5.41, 5.74) is -0.0535. The number of halogens is 5. The molecule has 1 aromatic carbocycles. The number of alkyl halides is 4. The van der Waals surface area contributed by atoms with E-state index in [2.05, 4.69) is 20.7 Å². The summed E-state index contributed by atoms with van der Waals surface area (Å²) in [4.78, 5) is 11.6. The molecule has 2 nitrogen and oxygen atoms in total. The van der Waals surface area contributed by atoms with E-state index in [1.54, 1.807) is 6.07 Å². The zero-order chi connectivity index (χ0) is 13.1. The lowest BCUT2D eigenvalue weighted by Crippen LogP contribution is -2.19. The number of ether oxygens (including phenoxy) is 1. The molecule has 0 atom stereocenters. The highest BCUT2D eigenvalue weighted by atomic mass is 127. The molecule has 0 fully saturated rings. The minimum Gasteiger partial charge on any atom is -0.405 e. The van der Waals surface area contributed by atoms with Gasteiger partial charge in [0.05, 0.1) is 5.56 Å². The van der Waals surface area contributed by atoms with Crippen molar-refractivity contribution in [3.8, 4) is 5.75 Å². The standard InChI is InChI=1S/C10H7BrF3IO2/c11-4-3-8(16)7-2-1-6(15)5-9(7)17-10(12,13)14/h1-2,5H,3-4H2. The van der Waals surface area contributed by atoms with Gasteiger partial charge in [0.25, 0.3) is 0 Å². The fourth-order valence-corrected chi connectivity index (χ4v) is 1.98. The van der Waals surface area contributed by atoms with Gasteiger partial charge in [0, 0.05) is 15.3 Å².